The molecule has 1 aliphatic heterocycles. The van der Waals surface area contributed by atoms with Gasteiger partial charge in [-0.15, -0.1) is 12.4 Å². The molecule has 4 rings (SSSR count). The lowest BCUT2D eigenvalue weighted by Gasteiger charge is -2.31. The summed E-state index contributed by atoms with van der Waals surface area (Å²) in [4.78, 5) is 13.9. The Bertz CT molecular complexity index is 870. The van der Waals surface area contributed by atoms with Crippen LogP contribution in [0.25, 0.3) is 6.08 Å². The monoisotopic (exact) mass is 440 g/mol. The molecular formula is C26H33ClN2O2. The first-order valence-corrected chi connectivity index (χ1v) is 11.4. The van der Waals surface area contributed by atoms with Gasteiger partial charge in [0.2, 0.25) is 0 Å². The Labute approximate surface area is 191 Å². The summed E-state index contributed by atoms with van der Waals surface area (Å²) in [6, 6.07) is 16.6. The van der Waals surface area contributed by atoms with Crippen LogP contribution >= 0.6 is 12.4 Å². The highest BCUT2D eigenvalue weighted by atomic mass is 35.5. The quantitative estimate of drug-likeness (QED) is 0.360. The molecule has 0 aromatic heterocycles. The summed E-state index contributed by atoms with van der Waals surface area (Å²) in [5, 5.41) is 11.7. The number of likely N-dealkylation sites (tertiary alicyclic amines) is 1. The zero-order chi connectivity index (χ0) is 20.8. The van der Waals surface area contributed by atoms with Crippen LogP contribution in [0.1, 0.15) is 73.5 Å². The van der Waals surface area contributed by atoms with Crippen LogP contribution in [-0.4, -0.2) is 29.5 Å². The van der Waals surface area contributed by atoms with E-state index in [9.17, 15) is 10.1 Å². The van der Waals surface area contributed by atoms with Crippen molar-refractivity contribution in [3.05, 3.63) is 81.4 Å². The normalized spacial score (nSPS) is 18.7. The van der Waals surface area contributed by atoms with Crippen molar-refractivity contribution in [3.8, 4) is 0 Å². The number of nitrogens with zero attached hydrogens (tertiary/aromatic N) is 2. The van der Waals surface area contributed by atoms with E-state index in [-0.39, 0.29) is 17.3 Å². The number of hydrogen-bond donors (Lipinski definition) is 0. The second-order valence-corrected chi connectivity index (χ2v) is 8.80. The number of piperidine rings is 1. The van der Waals surface area contributed by atoms with E-state index in [0.717, 1.165) is 43.6 Å². The van der Waals surface area contributed by atoms with Crippen LogP contribution in [-0.2, 0) is 0 Å². The highest BCUT2D eigenvalue weighted by molar-refractivity contribution is 5.85. The van der Waals surface area contributed by atoms with Crippen LogP contribution in [0.4, 0.5) is 5.69 Å². The Morgan fingerprint density at radius 1 is 0.935 bits per heavy atom. The molecule has 2 aromatic rings. The van der Waals surface area contributed by atoms with Crippen molar-refractivity contribution in [2.45, 2.75) is 56.8 Å². The Balaban J connectivity index is 0.00000272. The summed E-state index contributed by atoms with van der Waals surface area (Å²) < 4.78 is 0. The molecule has 31 heavy (non-hydrogen) atoms. The topological polar surface area (TPSA) is 46.4 Å². The van der Waals surface area contributed by atoms with Gasteiger partial charge < -0.3 is 0 Å². The molecule has 5 heteroatoms. The Kier molecular flexibility index (Phi) is 8.68. The smallest absolute Gasteiger partial charge is 0.273 e. The number of benzene rings is 2. The van der Waals surface area contributed by atoms with Crippen LogP contribution in [0.5, 0.6) is 0 Å². The van der Waals surface area contributed by atoms with Gasteiger partial charge in [-0.1, -0.05) is 73.9 Å². The van der Waals surface area contributed by atoms with Gasteiger partial charge in [0.1, 0.15) is 0 Å². The molecule has 0 atom stereocenters. The van der Waals surface area contributed by atoms with Crippen molar-refractivity contribution in [3.63, 3.8) is 0 Å². The molecule has 0 amide bonds. The second-order valence-electron chi connectivity index (χ2n) is 8.80. The van der Waals surface area contributed by atoms with Crippen LogP contribution in [0, 0.1) is 10.1 Å². The first-order chi connectivity index (χ1) is 14.7. The van der Waals surface area contributed by atoms with Crippen molar-refractivity contribution < 1.29 is 4.92 Å². The van der Waals surface area contributed by atoms with Gasteiger partial charge in [0, 0.05) is 18.2 Å². The summed E-state index contributed by atoms with van der Waals surface area (Å²) in [5.41, 5.74) is 3.62. The average molecular weight is 441 g/mol. The molecule has 2 aliphatic rings. The Hall–Kier alpha value is -2.17. The second kappa shape index (κ2) is 11.4. The first-order valence-electron chi connectivity index (χ1n) is 11.4. The van der Waals surface area contributed by atoms with Crippen molar-refractivity contribution in [2.75, 3.05) is 19.6 Å². The first kappa shape index (κ1) is 23.5. The fraction of sp³-hybridized carbons (Fsp3) is 0.462. The number of hydrogen-bond acceptors (Lipinski definition) is 3. The van der Waals surface area contributed by atoms with E-state index in [1.165, 1.54) is 37.7 Å². The molecule has 1 saturated heterocycles. The lowest BCUT2D eigenvalue weighted by atomic mass is 9.83. The minimum absolute atomic E-state index is 0. The number of rotatable bonds is 6. The molecule has 2 fully saturated rings. The standard InChI is InChI=1S/C26H32N2O2.ClH/c29-28(30)26-20-21(13-14-25(26)24-11-5-2-6-12-24)8-7-17-27-18-15-23(16-19-27)22-9-3-1-4-10-22;/h1,3-4,7-10,13-14,20,23-24H,2,5-6,11-12,15-19H2;1H/b8-7+;. The van der Waals surface area contributed by atoms with E-state index in [1.807, 2.05) is 12.1 Å². The van der Waals surface area contributed by atoms with E-state index in [0.29, 0.717) is 17.5 Å². The third kappa shape index (κ3) is 6.18. The number of nitro benzene ring substituents is 1. The average Bonchev–Trinajstić information content (AvgIpc) is 2.80. The van der Waals surface area contributed by atoms with Gasteiger partial charge in [0.15, 0.2) is 0 Å². The van der Waals surface area contributed by atoms with Gasteiger partial charge in [-0.3, -0.25) is 15.0 Å². The molecule has 0 radical (unpaired) electrons. The molecule has 0 spiro atoms. The minimum atomic E-state index is -0.199. The zero-order valence-corrected chi connectivity index (χ0v) is 18.9. The molecule has 1 aliphatic carbocycles. The summed E-state index contributed by atoms with van der Waals surface area (Å²) >= 11 is 0. The molecule has 1 saturated carbocycles. The molecular weight excluding hydrogens is 408 g/mol. The highest BCUT2D eigenvalue weighted by Gasteiger charge is 2.24. The third-order valence-electron chi connectivity index (χ3n) is 6.83. The van der Waals surface area contributed by atoms with Crippen LogP contribution in [0.2, 0.25) is 0 Å². The maximum atomic E-state index is 11.7. The summed E-state index contributed by atoms with van der Waals surface area (Å²) in [7, 11) is 0. The van der Waals surface area contributed by atoms with Crippen molar-refractivity contribution in [2.24, 2.45) is 0 Å². The number of halogens is 1. The lowest BCUT2D eigenvalue weighted by molar-refractivity contribution is -0.385. The van der Waals surface area contributed by atoms with E-state index in [1.54, 1.807) is 6.07 Å². The van der Waals surface area contributed by atoms with Crippen molar-refractivity contribution in [1.29, 1.82) is 0 Å². The SMILES string of the molecule is Cl.O=[N+]([O-])c1cc(/C=C/CN2CCC(c3ccccc3)CC2)ccc1C1CCCCC1. The summed E-state index contributed by atoms with van der Waals surface area (Å²) in [6.45, 7) is 3.11. The van der Waals surface area contributed by atoms with Gasteiger partial charge in [-0.25, -0.2) is 0 Å². The fourth-order valence-electron chi connectivity index (χ4n) is 5.09. The molecule has 166 valence electrons. The van der Waals surface area contributed by atoms with E-state index < -0.39 is 0 Å². The van der Waals surface area contributed by atoms with Gasteiger partial charge in [0.25, 0.3) is 5.69 Å². The molecule has 2 aromatic carbocycles. The van der Waals surface area contributed by atoms with E-state index in [2.05, 4.69) is 47.4 Å². The van der Waals surface area contributed by atoms with Gasteiger partial charge in [-0.2, -0.15) is 0 Å². The van der Waals surface area contributed by atoms with E-state index in [4.69, 9.17) is 0 Å². The zero-order valence-electron chi connectivity index (χ0n) is 18.1. The van der Waals surface area contributed by atoms with Gasteiger partial charge >= 0.3 is 0 Å². The molecule has 0 unspecified atom stereocenters. The Morgan fingerprint density at radius 3 is 2.32 bits per heavy atom. The predicted octanol–water partition coefficient (Wildman–Crippen LogP) is 6.96. The van der Waals surface area contributed by atoms with E-state index >= 15 is 0 Å². The van der Waals surface area contributed by atoms with Crippen molar-refractivity contribution in [1.82, 2.24) is 4.90 Å². The summed E-state index contributed by atoms with van der Waals surface area (Å²) in [5.74, 6) is 1.02. The number of nitro groups is 1. The van der Waals surface area contributed by atoms with Gasteiger partial charge in [0.05, 0.1) is 4.92 Å². The summed E-state index contributed by atoms with van der Waals surface area (Å²) in [6.07, 6.45) is 12.4. The maximum Gasteiger partial charge on any atom is 0.273 e. The lowest BCUT2D eigenvalue weighted by Crippen LogP contribution is -2.32. The van der Waals surface area contributed by atoms with Crippen molar-refractivity contribution >= 4 is 24.2 Å². The highest BCUT2D eigenvalue weighted by Crippen LogP contribution is 2.37. The molecule has 4 nitrogen and oxygen atoms in total. The largest absolute Gasteiger partial charge is 0.300 e. The van der Waals surface area contributed by atoms with Crippen LogP contribution in [0.3, 0.4) is 0 Å². The maximum absolute atomic E-state index is 11.7. The van der Waals surface area contributed by atoms with Crippen LogP contribution < -0.4 is 0 Å². The molecule has 1 heterocycles. The van der Waals surface area contributed by atoms with Crippen LogP contribution in [0.15, 0.2) is 54.6 Å². The third-order valence-corrected chi connectivity index (χ3v) is 6.83. The molecule has 0 bridgehead atoms. The fourth-order valence-corrected chi connectivity index (χ4v) is 5.09. The minimum Gasteiger partial charge on any atom is -0.300 e. The Morgan fingerprint density at radius 2 is 1.65 bits per heavy atom. The van der Waals surface area contributed by atoms with Gasteiger partial charge in [-0.05, 0) is 61.7 Å². The molecule has 0 N–H and O–H groups in total. The predicted molar refractivity (Wildman–Crippen MR) is 130 cm³/mol.